The zero-order valence-electron chi connectivity index (χ0n) is 15.4. The highest BCUT2D eigenvalue weighted by Gasteiger charge is 2.23. The molecule has 0 bridgehead atoms. The fraction of sp³-hybridized carbons (Fsp3) is 0.250. The fourth-order valence-electron chi connectivity index (χ4n) is 3.26. The molecular weight excluding hydrogens is 394 g/mol. The Morgan fingerprint density at radius 3 is 2.68 bits per heavy atom. The van der Waals surface area contributed by atoms with Crippen molar-refractivity contribution >= 4 is 21.4 Å². The Morgan fingerprint density at radius 2 is 1.96 bits per heavy atom. The standard InChI is InChI=1S/C20H21N3O3S2/c1-14-13-27-20(22-11-15-6-8-18(9-7-15)28(21,24)25)23(14)12-17-10-16-4-2-3-5-19(16)26-17/h2-9,13,17H,10-12H2,1H3,(H2,21,24,25). The van der Waals surface area contributed by atoms with Gasteiger partial charge in [-0.1, -0.05) is 30.3 Å². The van der Waals surface area contributed by atoms with E-state index in [4.69, 9.17) is 14.9 Å². The van der Waals surface area contributed by atoms with E-state index in [-0.39, 0.29) is 11.0 Å². The van der Waals surface area contributed by atoms with Crippen molar-refractivity contribution in [2.45, 2.75) is 37.4 Å². The molecule has 1 aliphatic heterocycles. The Bertz CT molecular complexity index is 1140. The van der Waals surface area contributed by atoms with Gasteiger partial charge in [0, 0.05) is 17.5 Å². The minimum absolute atomic E-state index is 0.0960. The van der Waals surface area contributed by atoms with Crippen molar-refractivity contribution in [3.8, 4) is 5.75 Å². The van der Waals surface area contributed by atoms with E-state index in [9.17, 15) is 8.42 Å². The molecule has 0 saturated heterocycles. The number of fused-ring (bicyclic) bond motifs is 1. The van der Waals surface area contributed by atoms with E-state index in [1.807, 2.05) is 18.2 Å². The number of ether oxygens (including phenoxy) is 1. The van der Waals surface area contributed by atoms with Crippen LogP contribution in [0, 0.1) is 6.92 Å². The second-order valence-electron chi connectivity index (χ2n) is 6.83. The SMILES string of the molecule is Cc1csc(=NCc2ccc(S(N)(=O)=O)cc2)n1CC1Cc2ccccc2O1. The third kappa shape index (κ3) is 4.04. The molecule has 2 heterocycles. The van der Waals surface area contributed by atoms with Crippen LogP contribution in [0.4, 0.5) is 0 Å². The van der Waals surface area contributed by atoms with Gasteiger partial charge in [-0.05, 0) is 36.2 Å². The summed E-state index contributed by atoms with van der Waals surface area (Å²) < 4.78 is 31.0. The number of thiazole rings is 1. The molecule has 0 radical (unpaired) electrons. The van der Waals surface area contributed by atoms with Crippen LogP contribution in [0.5, 0.6) is 5.75 Å². The maximum absolute atomic E-state index is 11.4. The second kappa shape index (κ2) is 7.54. The van der Waals surface area contributed by atoms with Crippen molar-refractivity contribution in [2.24, 2.45) is 10.1 Å². The molecule has 1 aliphatic rings. The van der Waals surface area contributed by atoms with E-state index in [1.165, 1.54) is 17.7 Å². The first kappa shape index (κ1) is 18.9. The molecule has 2 aromatic carbocycles. The summed E-state index contributed by atoms with van der Waals surface area (Å²) in [5.74, 6) is 0.967. The van der Waals surface area contributed by atoms with Crippen molar-refractivity contribution in [3.63, 3.8) is 0 Å². The summed E-state index contributed by atoms with van der Waals surface area (Å²) in [6.45, 7) is 3.28. The predicted octanol–water partition coefficient (Wildman–Crippen LogP) is 2.61. The average Bonchev–Trinajstić information content (AvgIpc) is 3.23. The molecule has 3 aromatic rings. The highest BCUT2D eigenvalue weighted by Crippen LogP contribution is 2.28. The van der Waals surface area contributed by atoms with Crippen molar-refractivity contribution < 1.29 is 13.2 Å². The Hall–Kier alpha value is -2.42. The Morgan fingerprint density at radius 1 is 1.21 bits per heavy atom. The molecule has 0 aliphatic carbocycles. The Labute approximate surface area is 168 Å². The lowest BCUT2D eigenvalue weighted by atomic mass is 10.1. The van der Waals surface area contributed by atoms with Crippen LogP contribution in [0.1, 0.15) is 16.8 Å². The molecule has 0 fully saturated rings. The van der Waals surface area contributed by atoms with Crippen LogP contribution in [-0.2, 0) is 29.5 Å². The van der Waals surface area contributed by atoms with Gasteiger partial charge in [0.1, 0.15) is 11.9 Å². The lowest BCUT2D eigenvalue weighted by Gasteiger charge is -2.13. The third-order valence-corrected chi connectivity index (χ3v) is 6.69. The number of sulfonamides is 1. The maximum atomic E-state index is 11.4. The number of nitrogens with two attached hydrogens (primary N) is 1. The molecule has 0 spiro atoms. The monoisotopic (exact) mass is 415 g/mol. The molecule has 0 saturated carbocycles. The van der Waals surface area contributed by atoms with Crippen LogP contribution < -0.4 is 14.7 Å². The van der Waals surface area contributed by atoms with E-state index < -0.39 is 10.0 Å². The number of nitrogens with zero attached hydrogens (tertiary/aromatic N) is 2. The molecular formula is C20H21N3O3S2. The maximum Gasteiger partial charge on any atom is 0.238 e. The van der Waals surface area contributed by atoms with Gasteiger partial charge < -0.3 is 9.30 Å². The summed E-state index contributed by atoms with van der Waals surface area (Å²) in [4.78, 5) is 5.76. The van der Waals surface area contributed by atoms with E-state index in [0.29, 0.717) is 6.54 Å². The minimum atomic E-state index is -3.67. The van der Waals surface area contributed by atoms with Crippen LogP contribution in [0.2, 0.25) is 0 Å². The number of para-hydroxylation sites is 1. The zero-order valence-corrected chi connectivity index (χ0v) is 17.0. The van der Waals surface area contributed by atoms with Gasteiger partial charge in [0.2, 0.25) is 10.0 Å². The molecule has 1 atom stereocenters. The number of benzene rings is 2. The first-order valence-electron chi connectivity index (χ1n) is 8.92. The molecule has 2 N–H and O–H groups in total. The zero-order chi connectivity index (χ0) is 19.7. The molecule has 1 aromatic heterocycles. The molecule has 146 valence electrons. The number of hydrogen-bond acceptors (Lipinski definition) is 5. The smallest absolute Gasteiger partial charge is 0.238 e. The highest BCUT2D eigenvalue weighted by molar-refractivity contribution is 7.89. The van der Waals surface area contributed by atoms with Gasteiger partial charge in [0.15, 0.2) is 4.80 Å². The topological polar surface area (TPSA) is 86.7 Å². The lowest BCUT2D eigenvalue weighted by Crippen LogP contribution is -2.27. The lowest BCUT2D eigenvalue weighted by molar-refractivity contribution is 0.207. The highest BCUT2D eigenvalue weighted by atomic mass is 32.2. The number of rotatable bonds is 5. The third-order valence-electron chi connectivity index (χ3n) is 4.74. The van der Waals surface area contributed by atoms with Crippen molar-refractivity contribution in [1.82, 2.24) is 4.57 Å². The van der Waals surface area contributed by atoms with E-state index in [0.717, 1.165) is 34.8 Å². The second-order valence-corrected chi connectivity index (χ2v) is 9.23. The normalized spacial score (nSPS) is 16.8. The summed E-state index contributed by atoms with van der Waals surface area (Å²) in [5.41, 5.74) is 3.32. The van der Waals surface area contributed by atoms with Crippen molar-refractivity contribution in [2.75, 3.05) is 0 Å². The van der Waals surface area contributed by atoms with E-state index in [1.54, 1.807) is 23.5 Å². The summed E-state index contributed by atoms with van der Waals surface area (Å²) in [5, 5.41) is 7.23. The van der Waals surface area contributed by atoms with Crippen LogP contribution in [-0.4, -0.2) is 19.1 Å². The first-order chi connectivity index (χ1) is 13.4. The van der Waals surface area contributed by atoms with E-state index >= 15 is 0 Å². The largest absolute Gasteiger partial charge is 0.488 e. The summed E-state index contributed by atoms with van der Waals surface area (Å²) >= 11 is 1.59. The first-order valence-corrected chi connectivity index (χ1v) is 11.3. The number of aromatic nitrogens is 1. The van der Waals surface area contributed by atoms with Crippen molar-refractivity contribution in [1.29, 1.82) is 0 Å². The molecule has 8 heteroatoms. The summed E-state index contributed by atoms with van der Waals surface area (Å²) in [6, 6.07) is 14.7. The van der Waals surface area contributed by atoms with Gasteiger partial charge >= 0.3 is 0 Å². The number of aryl methyl sites for hydroxylation is 1. The van der Waals surface area contributed by atoms with Crippen LogP contribution in [0.3, 0.4) is 0 Å². The van der Waals surface area contributed by atoms with Gasteiger partial charge in [0.25, 0.3) is 0 Å². The predicted molar refractivity (Wildman–Crippen MR) is 109 cm³/mol. The number of primary sulfonamides is 1. The quantitative estimate of drug-likeness (QED) is 0.695. The van der Waals surface area contributed by atoms with Gasteiger partial charge in [0.05, 0.1) is 18.0 Å². The molecule has 6 nitrogen and oxygen atoms in total. The van der Waals surface area contributed by atoms with Crippen LogP contribution in [0.15, 0.2) is 63.8 Å². The number of hydrogen-bond donors (Lipinski definition) is 1. The molecule has 1 unspecified atom stereocenters. The molecule has 28 heavy (non-hydrogen) atoms. The molecule has 4 rings (SSSR count). The Balaban J connectivity index is 1.51. The Kier molecular flexibility index (Phi) is 5.09. The van der Waals surface area contributed by atoms with Gasteiger partial charge in [-0.25, -0.2) is 13.6 Å². The minimum Gasteiger partial charge on any atom is -0.488 e. The van der Waals surface area contributed by atoms with Gasteiger partial charge in [-0.15, -0.1) is 11.3 Å². The van der Waals surface area contributed by atoms with Gasteiger partial charge in [-0.3, -0.25) is 4.99 Å². The average molecular weight is 416 g/mol. The van der Waals surface area contributed by atoms with Crippen LogP contribution in [0.25, 0.3) is 0 Å². The summed E-state index contributed by atoms with van der Waals surface area (Å²) in [7, 11) is -3.67. The van der Waals surface area contributed by atoms with Gasteiger partial charge in [-0.2, -0.15) is 0 Å². The summed E-state index contributed by atoms with van der Waals surface area (Å²) in [6.07, 6.45) is 0.992. The van der Waals surface area contributed by atoms with Crippen LogP contribution >= 0.6 is 11.3 Å². The fourth-order valence-corrected chi connectivity index (χ4v) is 4.67. The van der Waals surface area contributed by atoms with Crippen molar-refractivity contribution in [3.05, 3.63) is 75.5 Å². The molecule has 0 amide bonds. The van der Waals surface area contributed by atoms with E-state index in [2.05, 4.69) is 22.9 Å².